The van der Waals surface area contributed by atoms with Crippen LogP contribution in [0.5, 0.6) is 0 Å². The first kappa shape index (κ1) is 18.9. The summed E-state index contributed by atoms with van der Waals surface area (Å²) in [7, 11) is 0. The molecule has 1 amide bonds. The number of carbonyl (C=O) groups excluding carboxylic acids is 1. The third kappa shape index (κ3) is 4.86. The van der Waals surface area contributed by atoms with Crippen molar-refractivity contribution in [3.8, 4) is 0 Å². The largest absolute Gasteiger partial charge is 0.354 e. The molecule has 8 heteroatoms. The Morgan fingerprint density at radius 2 is 2.23 bits per heavy atom. The van der Waals surface area contributed by atoms with Gasteiger partial charge in [0.05, 0.1) is 10.8 Å². The Labute approximate surface area is 161 Å². The van der Waals surface area contributed by atoms with Gasteiger partial charge in [-0.3, -0.25) is 4.79 Å². The normalized spacial score (nSPS) is 17.2. The van der Waals surface area contributed by atoms with Gasteiger partial charge in [-0.15, -0.1) is 0 Å². The third-order valence-electron chi connectivity index (χ3n) is 4.28. The highest BCUT2D eigenvalue weighted by atomic mass is 35.5. The number of nitrogens with one attached hydrogen (secondary N) is 1. The molecular weight excluding hydrogens is 375 g/mol. The van der Waals surface area contributed by atoms with Gasteiger partial charge < -0.3 is 10.2 Å². The fraction of sp³-hybridized carbons (Fsp3) is 0.389. The zero-order valence-corrected chi connectivity index (χ0v) is 16.0. The van der Waals surface area contributed by atoms with E-state index in [0.29, 0.717) is 11.7 Å². The summed E-state index contributed by atoms with van der Waals surface area (Å²) >= 11 is 7.06. The lowest BCUT2D eigenvalue weighted by Gasteiger charge is -2.34. The summed E-state index contributed by atoms with van der Waals surface area (Å²) in [5.74, 6) is 0.380. The van der Waals surface area contributed by atoms with Crippen LogP contribution < -0.4 is 10.2 Å². The molecule has 1 fully saturated rings. The molecule has 1 aliphatic rings. The van der Waals surface area contributed by atoms with Crippen LogP contribution in [0.1, 0.15) is 26.2 Å². The van der Waals surface area contributed by atoms with E-state index in [-0.39, 0.29) is 16.7 Å². The van der Waals surface area contributed by atoms with Gasteiger partial charge in [0.2, 0.25) is 5.91 Å². The van der Waals surface area contributed by atoms with Crippen LogP contribution in [0.2, 0.25) is 5.02 Å². The molecule has 1 saturated heterocycles. The average Bonchev–Trinajstić information content (AvgIpc) is 2.64. The number of piperidine rings is 1. The number of nitrogens with zero attached hydrogens (tertiary/aromatic N) is 3. The van der Waals surface area contributed by atoms with Gasteiger partial charge in [-0.2, -0.15) is 0 Å². The zero-order chi connectivity index (χ0) is 18.5. The van der Waals surface area contributed by atoms with Gasteiger partial charge in [0.15, 0.2) is 0 Å². The van der Waals surface area contributed by atoms with E-state index in [9.17, 15) is 9.18 Å². The van der Waals surface area contributed by atoms with Crippen molar-refractivity contribution in [3.05, 3.63) is 41.4 Å². The van der Waals surface area contributed by atoms with E-state index >= 15 is 0 Å². The molecule has 1 N–H and O–H groups in total. The van der Waals surface area contributed by atoms with E-state index in [0.717, 1.165) is 23.8 Å². The Balaban J connectivity index is 1.58. The summed E-state index contributed by atoms with van der Waals surface area (Å²) in [6.45, 7) is 3.20. The van der Waals surface area contributed by atoms with Crippen molar-refractivity contribution in [1.82, 2.24) is 9.97 Å². The molecule has 1 atom stereocenters. The third-order valence-corrected chi connectivity index (χ3v) is 5.49. The van der Waals surface area contributed by atoms with Crippen molar-refractivity contribution in [2.75, 3.05) is 22.5 Å². The Kier molecular flexibility index (Phi) is 6.32. The van der Waals surface area contributed by atoms with Gasteiger partial charge in [-0.25, -0.2) is 14.4 Å². The lowest BCUT2D eigenvalue weighted by Crippen LogP contribution is -2.38. The molecule has 0 saturated carbocycles. The van der Waals surface area contributed by atoms with Crippen LogP contribution in [0.4, 0.5) is 15.9 Å². The maximum absolute atomic E-state index is 13.2. The Hall–Kier alpha value is -1.86. The van der Waals surface area contributed by atoms with E-state index in [1.54, 1.807) is 0 Å². The van der Waals surface area contributed by atoms with Gasteiger partial charge in [0.25, 0.3) is 0 Å². The standard InChI is InChI=1S/C18H20ClFN4OS/c1-12-4-2-3-7-24(12)16-9-18(22-11-21-16)26-10-17(25)23-13-5-6-15(20)14(19)8-13/h5-6,8-9,11-12H,2-4,7,10H2,1H3,(H,23,25)/t12-/m1/s1. The zero-order valence-electron chi connectivity index (χ0n) is 14.4. The molecule has 138 valence electrons. The second-order valence-corrected chi connectivity index (χ2v) is 7.62. The van der Waals surface area contributed by atoms with Crippen LogP contribution in [0.15, 0.2) is 35.6 Å². The van der Waals surface area contributed by atoms with Crippen molar-refractivity contribution in [2.45, 2.75) is 37.3 Å². The maximum atomic E-state index is 13.2. The summed E-state index contributed by atoms with van der Waals surface area (Å²) in [6.07, 6.45) is 5.11. The highest BCUT2D eigenvalue weighted by molar-refractivity contribution is 7.99. The van der Waals surface area contributed by atoms with Crippen molar-refractivity contribution in [2.24, 2.45) is 0 Å². The molecular formula is C18H20ClFN4OS. The molecule has 2 heterocycles. The number of carbonyl (C=O) groups is 1. The quantitative estimate of drug-likeness (QED) is 0.602. The van der Waals surface area contributed by atoms with Crippen molar-refractivity contribution in [1.29, 1.82) is 0 Å². The lowest BCUT2D eigenvalue weighted by atomic mass is 10.0. The van der Waals surface area contributed by atoms with Crippen LogP contribution in [-0.4, -0.2) is 34.2 Å². The molecule has 0 bridgehead atoms. The number of hydrogen-bond donors (Lipinski definition) is 1. The predicted octanol–water partition coefficient (Wildman–Crippen LogP) is 4.38. The van der Waals surface area contributed by atoms with Gasteiger partial charge >= 0.3 is 0 Å². The number of hydrogen-bond acceptors (Lipinski definition) is 5. The first-order chi connectivity index (χ1) is 12.5. The molecule has 1 aromatic carbocycles. The number of halogens is 2. The summed E-state index contributed by atoms with van der Waals surface area (Å²) < 4.78 is 13.2. The Bertz CT molecular complexity index is 792. The summed E-state index contributed by atoms with van der Waals surface area (Å²) in [5.41, 5.74) is 0.465. The average molecular weight is 395 g/mol. The van der Waals surface area contributed by atoms with Crippen molar-refractivity contribution < 1.29 is 9.18 Å². The minimum absolute atomic E-state index is 0.0217. The van der Waals surface area contributed by atoms with E-state index in [1.165, 1.54) is 49.1 Å². The molecule has 26 heavy (non-hydrogen) atoms. The monoisotopic (exact) mass is 394 g/mol. The van der Waals surface area contributed by atoms with Crippen LogP contribution in [0.3, 0.4) is 0 Å². The first-order valence-electron chi connectivity index (χ1n) is 8.49. The van der Waals surface area contributed by atoms with Gasteiger partial charge in [0, 0.05) is 24.3 Å². The number of benzene rings is 1. The summed E-state index contributed by atoms with van der Waals surface area (Å²) in [4.78, 5) is 23.0. The molecule has 5 nitrogen and oxygen atoms in total. The Morgan fingerprint density at radius 3 is 3.00 bits per heavy atom. The maximum Gasteiger partial charge on any atom is 0.234 e. The first-order valence-corrected chi connectivity index (χ1v) is 9.85. The highest BCUT2D eigenvalue weighted by Gasteiger charge is 2.20. The molecule has 1 aromatic heterocycles. The van der Waals surface area contributed by atoms with Gasteiger partial charge in [-0.1, -0.05) is 23.4 Å². The number of aromatic nitrogens is 2. The summed E-state index contributed by atoms with van der Waals surface area (Å²) in [6, 6.07) is 6.48. The van der Waals surface area contributed by atoms with E-state index in [4.69, 9.17) is 11.6 Å². The number of anilines is 2. The number of thioether (sulfide) groups is 1. The Morgan fingerprint density at radius 1 is 1.38 bits per heavy atom. The second-order valence-electron chi connectivity index (χ2n) is 6.22. The molecule has 2 aromatic rings. The van der Waals surface area contributed by atoms with Crippen LogP contribution in [0.25, 0.3) is 0 Å². The number of amides is 1. The van der Waals surface area contributed by atoms with Crippen molar-refractivity contribution in [3.63, 3.8) is 0 Å². The van der Waals surface area contributed by atoms with Crippen molar-refractivity contribution >= 4 is 40.8 Å². The molecule has 3 rings (SSSR count). The highest BCUT2D eigenvalue weighted by Crippen LogP contribution is 2.26. The van der Waals surface area contributed by atoms with Crippen LogP contribution >= 0.6 is 23.4 Å². The summed E-state index contributed by atoms with van der Waals surface area (Å²) in [5, 5.41) is 3.43. The van der Waals surface area contributed by atoms with Crippen LogP contribution in [0, 0.1) is 5.82 Å². The molecule has 0 unspecified atom stereocenters. The second kappa shape index (κ2) is 8.68. The fourth-order valence-corrected chi connectivity index (χ4v) is 3.76. The van der Waals surface area contributed by atoms with Gasteiger partial charge in [0.1, 0.15) is 23.0 Å². The van der Waals surface area contributed by atoms with Crippen LogP contribution in [-0.2, 0) is 4.79 Å². The molecule has 0 radical (unpaired) electrons. The minimum Gasteiger partial charge on any atom is -0.354 e. The minimum atomic E-state index is -0.514. The van der Waals surface area contributed by atoms with Gasteiger partial charge in [-0.05, 0) is 44.4 Å². The SMILES string of the molecule is C[C@@H]1CCCCN1c1cc(SCC(=O)Nc2ccc(F)c(Cl)c2)ncn1. The molecule has 0 spiro atoms. The lowest BCUT2D eigenvalue weighted by molar-refractivity contribution is -0.113. The van der Waals surface area contributed by atoms with E-state index < -0.39 is 5.82 Å². The smallest absolute Gasteiger partial charge is 0.234 e. The predicted molar refractivity (Wildman–Crippen MR) is 103 cm³/mol. The molecule has 1 aliphatic heterocycles. The number of rotatable bonds is 5. The fourth-order valence-electron chi connectivity index (χ4n) is 2.91. The van der Waals surface area contributed by atoms with E-state index in [1.807, 2.05) is 6.07 Å². The molecule has 0 aliphatic carbocycles. The van der Waals surface area contributed by atoms with E-state index in [2.05, 4.69) is 27.1 Å². The topological polar surface area (TPSA) is 58.1 Å².